The Hall–Kier alpha value is -2.87. The third kappa shape index (κ3) is 3.70. The van der Waals surface area contributed by atoms with Crippen LogP contribution in [0, 0.1) is 12.7 Å². The van der Waals surface area contributed by atoms with E-state index in [4.69, 9.17) is 5.73 Å². The highest BCUT2D eigenvalue weighted by Crippen LogP contribution is 2.25. The molecule has 26 heavy (non-hydrogen) atoms. The minimum atomic E-state index is -0.518. The fourth-order valence-corrected chi connectivity index (χ4v) is 3.32. The molecular weight excluding hydrogens is 353 g/mol. The highest BCUT2D eigenvalue weighted by Gasteiger charge is 2.22. The van der Waals surface area contributed by atoms with Crippen molar-refractivity contribution in [2.75, 3.05) is 12.8 Å². The average Bonchev–Trinajstić information content (AvgIpc) is 3.13. The van der Waals surface area contributed by atoms with E-state index in [0.717, 1.165) is 5.01 Å². The topological polar surface area (TPSA) is 85.0 Å². The van der Waals surface area contributed by atoms with Gasteiger partial charge in [-0.3, -0.25) is 4.79 Å². The van der Waals surface area contributed by atoms with Crippen molar-refractivity contribution in [1.29, 1.82) is 0 Å². The maximum atomic E-state index is 14.2. The second-order valence-electron chi connectivity index (χ2n) is 5.94. The van der Waals surface area contributed by atoms with Crippen LogP contribution in [0.5, 0.6) is 0 Å². The van der Waals surface area contributed by atoms with Crippen LogP contribution >= 0.6 is 11.3 Å². The molecule has 0 fully saturated rings. The van der Waals surface area contributed by atoms with Gasteiger partial charge in [0.25, 0.3) is 5.91 Å². The van der Waals surface area contributed by atoms with E-state index in [9.17, 15) is 9.18 Å². The van der Waals surface area contributed by atoms with Crippen LogP contribution in [0.3, 0.4) is 0 Å². The first-order chi connectivity index (χ1) is 12.3. The van der Waals surface area contributed by atoms with Gasteiger partial charge >= 0.3 is 0 Å². The molecular formula is C18H18FN5OS. The van der Waals surface area contributed by atoms with Crippen molar-refractivity contribution < 1.29 is 9.18 Å². The lowest BCUT2D eigenvalue weighted by atomic mass is 10.1. The molecule has 0 radical (unpaired) electrons. The summed E-state index contributed by atoms with van der Waals surface area (Å²) in [6.45, 7) is 3.65. The number of nitrogens with two attached hydrogens (primary N) is 1. The predicted octanol–water partition coefficient (Wildman–Crippen LogP) is 3.46. The van der Waals surface area contributed by atoms with Gasteiger partial charge in [0, 0.05) is 35.4 Å². The van der Waals surface area contributed by atoms with Gasteiger partial charge in [-0.2, -0.15) is 0 Å². The standard InChI is InChI=1S/C18H18FN5OS/c1-10-6-15(23-18(20)22-10)12-7-13(9-14(19)8-12)17(25)24(3)11(2)16-21-4-5-26-16/h4-9,11H,1-3H3,(H2,20,22,23). The first kappa shape index (κ1) is 17.9. The Morgan fingerprint density at radius 2 is 2.04 bits per heavy atom. The molecule has 1 unspecified atom stereocenters. The van der Waals surface area contributed by atoms with Crippen LogP contribution in [0.25, 0.3) is 11.3 Å². The highest BCUT2D eigenvalue weighted by atomic mass is 32.1. The van der Waals surface area contributed by atoms with Crippen molar-refractivity contribution in [3.63, 3.8) is 0 Å². The number of hydrogen-bond acceptors (Lipinski definition) is 6. The molecule has 0 aliphatic rings. The third-order valence-electron chi connectivity index (χ3n) is 4.02. The fourth-order valence-electron chi connectivity index (χ4n) is 2.59. The Bertz CT molecular complexity index is 925. The van der Waals surface area contributed by atoms with Gasteiger partial charge in [0.15, 0.2) is 0 Å². The van der Waals surface area contributed by atoms with E-state index < -0.39 is 5.82 Å². The Balaban J connectivity index is 1.95. The number of thiazole rings is 1. The molecule has 0 aliphatic heterocycles. The first-order valence-electron chi connectivity index (χ1n) is 7.94. The molecule has 8 heteroatoms. The van der Waals surface area contributed by atoms with Gasteiger partial charge in [0.05, 0.1) is 11.7 Å². The van der Waals surface area contributed by atoms with Gasteiger partial charge in [-0.05, 0) is 38.1 Å². The number of nitrogens with zero attached hydrogens (tertiary/aromatic N) is 4. The lowest BCUT2D eigenvalue weighted by Crippen LogP contribution is -2.29. The molecule has 2 aromatic heterocycles. The highest BCUT2D eigenvalue weighted by molar-refractivity contribution is 7.09. The number of hydrogen-bond donors (Lipinski definition) is 1. The van der Waals surface area contributed by atoms with Crippen molar-refractivity contribution in [2.45, 2.75) is 19.9 Å². The van der Waals surface area contributed by atoms with Crippen LogP contribution in [0.4, 0.5) is 10.3 Å². The molecule has 1 amide bonds. The average molecular weight is 371 g/mol. The summed E-state index contributed by atoms with van der Waals surface area (Å²) in [5, 5.41) is 2.67. The number of nitrogen functional groups attached to an aromatic ring is 1. The molecule has 134 valence electrons. The van der Waals surface area contributed by atoms with Gasteiger partial charge in [-0.15, -0.1) is 11.3 Å². The maximum Gasteiger partial charge on any atom is 0.254 e. The summed E-state index contributed by atoms with van der Waals surface area (Å²) in [5.41, 5.74) is 7.53. The number of aromatic nitrogens is 3. The number of carbonyl (C=O) groups excluding carboxylic acids is 1. The van der Waals surface area contributed by atoms with E-state index in [1.54, 1.807) is 32.3 Å². The molecule has 6 nitrogen and oxygen atoms in total. The normalized spacial score (nSPS) is 12.0. The van der Waals surface area contributed by atoms with E-state index in [1.807, 2.05) is 12.3 Å². The van der Waals surface area contributed by atoms with Crippen LogP contribution in [0.2, 0.25) is 0 Å². The number of aryl methyl sites for hydroxylation is 1. The number of rotatable bonds is 4. The molecule has 0 bridgehead atoms. The van der Waals surface area contributed by atoms with Gasteiger partial charge < -0.3 is 10.6 Å². The van der Waals surface area contributed by atoms with Crippen LogP contribution in [-0.4, -0.2) is 32.8 Å². The van der Waals surface area contributed by atoms with E-state index in [2.05, 4.69) is 15.0 Å². The van der Waals surface area contributed by atoms with Crippen molar-refractivity contribution in [3.8, 4) is 11.3 Å². The number of anilines is 1. The first-order valence-corrected chi connectivity index (χ1v) is 8.82. The number of benzene rings is 1. The molecule has 3 aromatic rings. The van der Waals surface area contributed by atoms with E-state index in [1.165, 1.54) is 28.4 Å². The van der Waals surface area contributed by atoms with Crippen molar-refractivity contribution >= 4 is 23.2 Å². The van der Waals surface area contributed by atoms with Crippen LogP contribution in [-0.2, 0) is 0 Å². The zero-order valence-corrected chi connectivity index (χ0v) is 15.4. The third-order valence-corrected chi connectivity index (χ3v) is 4.97. The lowest BCUT2D eigenvalue weighted by Gasteiger charge is -2.23. The molecule has 3 rings (SSSR count). The van der Waals surface area contributed by atoms with E-state index >= 15 is 0 Å². The summed E-state index contributed by atoms with van der Waals surface area (Å²) >= 11 is 1.47. The van der Waals surface area contributed by atoms with Crippen LogP contribution in [0.15, 0.2) is 35.8 Å². The van der Waals surface area contributed by atoms with Crippen LogP contribution in [0.1, 0.15) is 34.0 Å². The second-order valence-corrected chi connectivity index (χ2v) is 6.87. The Kier molecular flexibility index (Phi) is 4.94. The number of halogens is 1. The summed E-state index contributed by atoms with van der Waals surface area (Å²) in [7, 11) is 1.67. The second kappa shape index (κ2) is 7.17. The van der Waals surface area contributed by atoms with E-state index in [-0.39, 0.29) is 23.5 Å². The Labute approximate surface area is 154 Å². The lowest BCUT2D eigenvalue weighted by molar-refractivity contribution is 0.0742. The molecule has 0 spiro atoms. The summed E-state index contributed by atoms with van der Waals surface area (Å²) in [6, 6.07) is 5.63. The summed E-state index contributed by atoms with van der Waals surface area (Å²) < 4.78 is 14.2. The van der Waals surface area contributed by atoms with Gasteiger partial charge in [-0.1, -0.05) is 0 Å². The Morgan fingerprint density at radius 3 is 2.69 bits per heavy atom. The molecule has 0 saturated carbocycles. The van der Waals surface area contributed by atoms with Gasteiger partial charge in [-0.25, -0.2) is 19.3 Å². The minimum absolute atomic E-state index is 0.103. The molecule has 0 saturated heterocycles. The predicted molar refractivity (Wildman–Crippen MR) is 99.2 cm³/mol. The summed E-state index contributed by atoms with van der Waals surface area (Å²) in [5.74, 6) is -0.713. The van der Waals surface area contributed by atoms with Crippen molar-refractivity contribution in [3.05, 3.63) is 57.9 Å². The number of amides is 1. The van der Waals surface area contributed by atoms with Gasteiger partial charge in [0.2, 0.25) is 5.95 Å². The number of carbonyl (C=O) groups is 1. The Morgan fingerprint density at radius 1 is 1.27 bits per heavy atom. The molecule has 2 heterocycles. The molecule has 1 aromatic carbocycles. The summed E-state index contributed by atoms with van der Waals surface area (Å²) in [4.78, 5) is 26.7. The van der Waals surface area contributed by atoms with Gasteiger partial charge in [0.1, 0.15) is 10.8 Å². The van der Waals surface area contributed by atoms with Crippen molar-refractivity contribution in [1.82, 2.24) is 19.9 Å². The zero-order valence-electron chi connectivity index (χ0n) is 14.6. The quantitative estimate of drug-likeness (QED) is 0.759. The SMILES string of the molecule is Cc1cc(-c2cc(F)cc(C(=O)N(C)C(C)c3nccs3)c2)nc(N)n1. The van der Waals surface area contributed by atoms with Crippen LogP contribution < -0.4 is 5.73 Å². The zero-order chi connectivity index (χ0) is 18.8. The van der Waals surface area contributed by atoms with E-state index in [0.29, 0.717) is 17.0 Å². The largest absolute Gasteiger partial charge is 0.368 e. The monoisotopic (exact) mass is 371 g/mol. The molecule has 2 N–H and O–H groups in total. The molecule has 0 aliphatic carbocycles. The fraction of sp³-hybridized carbons (Fsp3) is 0.222. The smallest absolute Gasteiger partial charge is 0.254 e. The minimum Gasteiger partial charge on any atom is -0.368 e. The van der Waals surface area contributed by atoms with Crippen molar-refractivity contribution in [2.24, 2.45) is 0 Å². The maximum absolute atomic E-state index is 14.2. The summed E-state index contributed by atoms with van der Waals surface area (Å²) in [6.07, 6.45) is 1.69. The molecule has 1 atom stereocenters.